The Morgan fingerprint density at radius 2 is 1.59 bits per heavy atom. The van der Waals surface area contributed by atoms with Gasteiger partial charge in [0.1, 0.15) is 5.67 Å². The summed E-state index contributed by atoms with van der Waals surface area (Å²) in [6, 6.07) is 5.83. The zero-order valence-electron chi connectivity index (χ0n) is 15.7. The minimum atomic E-state index is -4.71. The number of rotatable bonds is 5. The summed E-state index contributed by atoms with van der Waals surface area (Å²) in [7, 11) is 0. The molecule has 0 aliphatic carbocycles. The third-order valence-corrected chi connectivity index (χ3v) is 4.81. The van der Waals surface area contributed by atoms with Gasteiger partial charge in [-0.15, -0.1) is 0 Å². The van der Waals surface area contributed by atoms with E-state index in [1.165, 1.54) is 39.0 Å². The minimum Gasteiger partial charge on any atom is -0.294 e. The van der Waals surface area contributed by atoms with Gasteiger partial charge in [0, 0.05) is 5.56 Å². The van der Waals surface area contributed by atoms with Crippen LogP contribution in [0.5, 0.6) is 0 Å². The number of carbonyl (C=O) groups excluding carboxylic acids is 1. The number of benzene rings is 2. The number of carbonyl (C=O) groups is 1. The van der Waals surface area contributed by atoms with Crippen molar-refractivity contribution in [2.45, 2.75) is 38.5 Å². The molecule has 0 amide bonds. The van der Waals surface area contributed by atoms with E-state index < -0.39 is 33.6 Å². The molecule has 0 heterocycles. The molecule has 2 rings (SSSR count). The highest BCUT2D eigenvalue weighted by molar-refractivity contribution is 6.35. The van der Waals surface area contributed by atoms with E-state index in [0.717, 1.165) is 24.3 Å². The molecule has 0 spiro atoms. The normalized spacial score (nSPS) is 13.7. The van der Waals surface area contributed by atoms with E-state index >= 15 is 0 Å². The molecule has 156 valence electrons. The van der Waals surface area contributed by atoms with Crippen molar-refractivity contribution in [2.24, 2.45) is 0 Å². The summed E-state index contributed by atoms with van der Waals surface area (Å²) < 4.78 is 68.8. The van der Waals surface area contributed by atoms with Crippen LogP contribution in [-0.2, 0) is 5.67 Å². The second kappa shape index (κ2) is 8.44. The lowest BCUT2D eigenvalue weighted by molar-refractivity contribution is -0.139. The van der Waals surface area contributed by atoms with Crippen LogP contribution in [0.25, 0.3) is 6.08 Å². The van der Waals surface area contributed by atoms with Gasteiger partial charge in [0.25, 0.3) is 0 Å². The molecule has 0 aliphatic rings. The van der Waals surface area contributed by atoms with Crippen molar-refractivity contribution in [3.8, 4) is 0 Å². The lowest BCUT2D eigenvalue weighted by Crippen LogP contribution is -2.19. The number of ketones is 1. The van der Waals surface area contributed by atoms with Crippen LogP contribution in [0, 0.1) is 5.82 Å². The molecule has 0 radical (unpaired) electrons. The lowest BCUT2D eigenvalue weighted by Gasteiger charge is -2.20. The highest BCUT2D eigenvalue weighted by Gasteiger charge is 2.39. The van der Waals surface area contributed by atoms with Gasteiger partial charge in [-0.2, -0.15) is 13.2 Å². The Hall–Kier alpha value is -1.92. The van der Waals surface area contributed by atoms with E-state index in [0.29, 0.717) is 0 Å². The number of alkyl halides is 4. The number of Topliss-reactive ketones (excluding diaryl/α,β-unsaturated/α-hetero) is 1. The fourth-order valence-electron chi connectivity index (χ4n) is 2.84. The second-order valence-electron chi connectivity index (χ2n) is 7.01. The summed E-state index contributed by atoms with van der Waals surface area (Å²) in [5.74, 6) is -3.48. The largest absolute Gasteiger partial charge is 0.399 e. The van der Waals surface area contributed by atoms with Gasteiger partial charge in [-0.1, -0.05) is 47.5 Å². The molecule has 0 fully saturated rings. The first kappa shape index (κ1) is 23.4. The molecule has 2 aromatic rings. The number of hydrogen-bond acceptors (Lipinski definition) is 1. The van der Waals surface area contributed by atoms with Crippen LogP contribution in [0.2, 0.25) is 10.0 Å². The maximum atomic E-state index is 14.5. The van der Waals surface area contributed by atoms with Gasteiger partial charge in [-0.3, -0.25) is 4.79 Å². The van der Waals surface area contributed by atoms with Crippen LogP contribution < -0.4 is 0 Å². The van der Waals surface area contributed by atoms with E-state index in [-0.39, 0.29) is 28.0 Å². The standard InChI is InChI=1S/C21H17Cl2F5O/c1-11(29)14-6-4-12(8-16(14)20(2,3)25)5-7-15(21(26,27)28)13-9-17(22)19(24)18(23)10-13/h4-10,15H,1-3H3/b7-5+. The van der Waals surface area contributed by atoms with Crippen molar-refractivity contribution in [3.05, 3.63) is 74.5 Å². The van der Waals surface area contributed by atoms with Gasteiger partial charge in [-0.05, 0) is 55.7 Å². The molecular weight excluding hydrogens is 434 g/mol. The predicted octanol–water partition coefficient (Wildman–Crippen LogP) is 7.90. The van der Waals surface area contributed by atoms with Gasteiger partial charge in [0.15, 0.2) is 11.6 Å². The summed E-state index contributed by atoms with van der Waals surface area (Å²) in [5.41, 5.74) is -1.71. The maximum absolute atomic E-state index is 14.5. The fourth-order valence-corrected chi connectivity index (χ4v) is 3.34. The topological polar surface area (TPSA) is 17.1 Å². The van der Waals surface area contributed by atoms with Gasteiger partial charge in [0.2, 0.25) is 0 Å². The molecule has 0 N–H and O–H groups in total. The van der Waals surface area contributed by atoms with Crippen molar-refractivity contribution in [1.29, 1.82) is 0 Å². The Morgan fingerprint density at radius 3 is 2.03 bits per heavy atom. The highest BCUT2D eigenvalue weighted by atomic mass is 35.5. The van der Waals surface area contributed by atoms with Crippen molar-refractivity contribution in [3.63, 3.8) is 0 Å². The summed E-state index contributed by atoms with van der Waals surface area (Å²) in [5, 5.41) is -1.05. The van der Waals surface area contributed by atoms with Crippen LogP contribution >= 0.6 is 23.2 Å². The van der Waals surface area contributed by atoms with Crippen LogP contribution in [0.1, 0.15) is 53.7 Å². The molecule has 1 atom stereocenters. The number of halogens is 7. The third-order valence-electron chi connectivity index (χ3n) is 4.26. The number of allylic oxidation sites excluding steroid dienone is 1. The zero-order chi connectivity index (χ0) is 22.1. The Morgan fingerprint density at radius 1 is 1.03 bits per heavy atom. The quantitative estimate of drug-likeness (QED) is 0.257. The average molecular weight is 451 g/mol. The van der Waals surface area contributed by atoms with Gasteiger partial charge in [-0.25, -0.2) is 8.78 Å². The van der Waals surface area contributed by atoms with Gasteiger partial charge < -0.3 is 0 Å². The van der Waals surface area contributed by atoms with Crippen molar-refractivity contribution in [2.75, 3.05) is 0 Å². The van der Waals surface area contributed by atoms with Crippen molar-refractivity contribution >= 4 is 35.1 Å². The van der Waals surface area contributed by atoms with E-state index in [1.807, 2.05) is 0 Å². The summed E-state index contributed by atoms with van der Waals surface area (Å²) in [6.45, 7) is 3.79. The maximum Gasteiger partial charge on any atom is 0.399 e. The summed E-state index contributed by atoms with van der Waals surface area (Å²) >= 11 is 11.2. The smallest absolute Gasteiger partial charge is 0.294 e. The minimum absolute atomic E-state index is 0.0728. The fraction of sp³-hybridized carbons (Fsp3) is 0.286. The molecule has 1 unspecified atom stereocenters. The zero-order valence-corrected chi connectivity index (χ0v) is 17.2. The monoisotopic (exact) mass is 450 g/mol. The predicted molar refractivity (Wildman–Crippen MR) is 105 cm³/mol. The summed E-state index contributed by atoms with van der Waals surface area (Å²) in [4.78, 5) is 11.7. The lowest BCUT2D eigenvalue weighted by atomic mass is 9.90. The Kier molecular flexibility index (Phi) is 6.80. The van der Waals surface area contributed by atoms with Gasteiger partial charge in [0.05, 0.1) is 16.0 Å². The van der Waals surface area contributed by atoms with Crippen LogP contribution in [-0.4, -0.2) is 12.0 Å². The molecule has 0 aromatic heterocycles. The first-order valence-corrected chi connectivity index (χ1v) is 9.21. The van der Waals surface area contributed by atoms with E-state index in [4.69, 9.17) is 23.2 Å². The molecule has 0 saturated carbocycles. The SMILES string of the molecule is CC(=O)c1ccc(/C=C/C(c2cc(Cl)c(F)c(Cl)c2)C(F)(F)F)cc1C(C)(C)F. The van der Waals surface area contributed by atoms with Gasteiger partial charge >= 0.3 is 6.18 Å². The molecule has 0 aliphatic heterocycles. The van der Waals surface area contributed by atoms with E-state index in [9.17, 15) is 26.7 Å². The van der Waals surface area contributed by atoms with E-state index in [2.05, 4.69) is 0 Å². The first-order valence-electron chi connectivity index (χ1n) is 8.45. The Balaban J connectivity index is 2.52. The Labute approximate surface area is 175 Å². The average Bonchev–Trinajstić information content (AvgIpc) is 2.57. The van der Waals surface area contributed by atoms with Crippen molar-refractivity contribution < 1.29 is 26.7 Å². The molecule has 1 nitrogen and oxygen atoms in total. The Bertz CT molecular complexity index is 936. The molecule has 29 heavy (non-hydrogen) atoms. The van der Waals surface area contributed by atoms with E-state index in [1.54, 1.807) is 0 Å². The first-order chi connectivity index (χ1) is 13.2. The molecule has 8 heteroatoms. The van der Waals surface area contributed by atoms with Crippen LogP contribution in [0.3, 0.4) is 0 Å². The number of hydrogen-bond donors (Lipinski definition) is 0. The summed E-state index contributed by atoms with van der Waals surface area (Å²) in [6.07, 6.45) is -2.71. The molecular formula is C21H17Cl2F5O. The second-order valence-corrected chi connectivity index (χ2v) is 7.82. The van der Waals surface area contributed by atoms with Crippen LogP contribution in [0.15, 0.2) is 36.4 Å². The third kappa shape index (κ3) is 5.58. The molecule has 0 bridgehead atoms. The molecule has 2 aromatic carbocycles. The van der Waals surface area contributed by atoms with Crippen molar-refractivity contribution in [1.82, 2.24) is 0 Å². The van der Waals surface area contributed by atoms with Crippen LogP contribution in [0.4, 0.5) is 22.0 Å². The molecule has 0 saturated heterocycles. The highest BCUT2D eigenvalue weighted by Crippen LogP contribution is 2.39.